The molecule has 0 aromatic heterocycles. The Morgan fingerprint density at radius 2 is 1.82 bits per heavy atom. The molecule has 0 heterocycles. The summed E-state index contributed by atoms with van der Waals surface area (Å²) < 4.78 is 65.5. The smallest absolute Gasteiger partial charge is 0.468 e. The van der Waals surface area contributed by atoms with E-state index in [4.69, 9.17) is 0 Å². The summed E-state index contributed by atoms with van der Waals surface area (Å²) in [7, 11) is -3.00. The van der Waals surface area contributed by atoms with Crippen LogP contribution in [0.25, 0.3) is 0 Å². The summed E-state index contributed by atoms with van der Waals surface area (Å²) in [6.45, 7) is -4.99. The second-order valence-corrected chi connectivity index (χ2v) is 6.65. The Balaban J connectivity index is 2.97. The molecule has 0 amide bonds. The zero-order valence-corrected chi connectivity index (χ0v) is 12.6. The second kappa shape index (κ2) is 7.48. The average Bonchev–Trinajstić information content (AvgIpc) is 2.46. The van der Waals surface area contributed by atoms with Crippen molar-refractivity contribution in [2.75, 3.05) is 7.11 Å². The van der Waals surface area contributed by atoms with Gasteiger partial charge in [-0.3, -0.25) is 4.79 Å². The molecule has 0 aliphatic rings. The van der Waals surface area contributed by atoms with Crippen molar-refractivity contribution in [2.45, 2.75) is 22.9 Å². The number of benzene rings is 1. The van der Waals surface area contributed by atoms with Gasteiger partial charge in [-0.1, -0.05) is 30.6 Å². The highest BCUT2D eigenvalue weighted by Gasteiger charge is 2.34. The van der Waals surface area contributed by atoms with Gasteiger partial charge in [0.1, 0.15) is 0 Å². The van der Waals surface area contributed by atoms with E-state index in [1.54, 1.807) is 6.07 Å². The van der Waals surface area contributed by atoms with Gasteiger partial charge in [0.2, 0.25) is 0 Å². The zero-order valence-electron chi connectivity index (χ0n) is 11.8. The molecule has 0 spiro atoms. The first kappa shape index (κ1) is 18.3. The van der Waals surface area contributed by atoms with Gasteiger partial charge in [-0.25, -0.2) is 8.42 Å². The third-order valence-corrected chi connectivity index (χ3v) is 4.89. The maximum absolute atomic E-state index is 12.4. The van der Waals surface area contributed by atoms with Crippen LogP contribution < -0.4 is 0 Å². The molecule has 1 unspecified atom stereocenters. The third-order valence-electron chi connectivity index (χ3n) is 2.83. The number of rotatable bonds is 7. The van der Waals surface area contributed by atoms with Crippen LogP contribution in [0.3, 0.4) is 0 Å². The summed E-state index contributed by atoms with van der Waals surface area (Å²) >= 11 is 0. The van der Waals surface area contributed by atoms with Crippen LogP contribution in [0.1, 0.15) is 6.42 Å². The first-order valence-corrected chi connectivity index (χ1v) is 7.96. The van der Waals surface area contributed by atoms with Gasteiger partial charge in [0.25, 0.3) is 0 Å². The lowest BCUT2D eigenvalue weighted by Gasteiger charge is -2.14. The van der Waals surface area contributed by atoms with Crippen LogP contribution in [0.15, 0.2) is 47.4 Å². The van der Waals surface area contributed by atoms with E-state index in [9.17, 15) is 26.2 Å². The maximum atomic E-state index is 12.4. The lowest BCUT2D eigenvalue weighted by Crippen LogP contribution is -2.31. The van der Waals surface area contributed by atoms with Crippen LogP contribution >= 0.6 is 0 Å². The Hall–Kier alpha value is -1.77. The molecule has 0 N–H and O–H groups in total. The van der Waals surface area contributed by atoms with E-state index in [0.29, 0.717) is 0 Å². The molecule has 4 nitrogen and oxygen atoms in total. The minimum atomic E-state index is -4.99. The van der Waals surface area contributed by atoms with Crippen molar-refractivity contribution in [3.63, 3.8) is 0 Å². The van der Waals surface area contributed by atoms with E-state index in [1.165, 1.54) is 24.3 Å². The molecule has 0 saturated heterocycles. The van der Waals surface area contributed by atoms with Gasteiger partial charge < -0.3 is 17.7 Å². The van der Waals surface area contributed by atoms with E-state index in [-0.39, 0.29) is 11.3 Å². The highest BCUT2D eigenvalue weighted by atomic mass is 32.2. The summed E-state index contributed by atoms with van der Waals surface area (Å²) in [5, 5.41) is -1.57. The van der Waals surface area contributed by atoms with Gasteiger partial charge in [0, 0.05) is 0 Å². The highest BCUT2D eigenvalue weighted by molar-refractivity contribution is 7.92. The van der Waals surface area contributed by atoms with Crippen molar-refractivity contribution < 1.29 is 30.9 Å². The minimum absolute atomic E-state index is 0.0844. The van der Waals surface area contributed by atoms with Gasteiger partial charge in [-0.15, -0.1) is 6.08 Å². The van der Waals surface area contributed by atoms with Gasteiger partial charge in [-0.2, -0.15) is 0 Å². The largest absolute Gasteiger partial charge is 0.482 e. The number of methoxy groups -OCH3 is 1. The van der Waals surface area contributed by atoms with Crippen LogP contribution in [0.2, 0.25) is 6.32 Å². The zero-order chi connectivity index (χ0) is 16.8. The molecule has 122 valence electrons. The molecule has 1 atom stereocenters. The molecular formula is C13H15BF3O4S-. The van der Waals surface area contributed by atoms with E-state index in [1.807, 2.05) is 0 Å². The molecule has 1 rings (SSSR count). The molecule has 0 bridgehead atoms. The van der Waals surface area contributed by atoms with Crippen LogP contribution in [0.5, 0.6) is 0 Å². The van der Waals surface area contributed by atoms with Gasteiger partial charge in [-0.05, 0) is 18.6 Å². The molecule has 0 aliphatic carbocycles. The van der Waals surface area contributed by atoms with E-state index in [2.05, 4.69) is 4.74 Å². The quantitative estimate of drug-likeness (QED) is 0.437. The summed E-state index contributed by atoms with van der Waals surface area (Å²) in [6, 6.07) is 7.21. The van der Waals surface area contributed by atoms with Crippen molar-refractivity contribution in [2.24, 2.45) is 0 Å². The lowest BCUT2D eigenvalue weighted by molar-refractivity contribution is -0.140. The number of hydrogen-bond acceptors (Lipinski definition) is 4. The Kier molecular flexibility index (Phi) is 6.22. The number of allylic oxidation sites excluding steroid dienone is 2. The summed E-state index contributed by atoms with van der Waals surface area (Å²) in [4.78, 5) is 11.6. The van der Waals surface area contributed by atoms with Crippen molar-refractivity contribution in [1.29, 1.82) is 0 Å². The molecule has 1 aromatic rings. The first-order chi connectivity index (χ1) is 10.2. The van der Waals surface area contributed by atoms with E-state index < -0.39 is 34.4 Å². The second-order valence-electron chi connectivity index (χ2n) is 4.52. The number of hydrogen-bond donors (Lipinski definition) is 0. The normalized spacial score (nSPS) is 14.0. The molecule has 1 aromatic carbocycles. The average molecular weight is 335 g/mol. The van der Waals surface area contributed by atoms with Crippen molar-refractivity contribution in [3.8, 4) is 0 Å². The maximum Gasteiger partial charge on any atom is 0.482 e. The summed E-state index contributed by atoms with van der Waals surface area (Å²) in [5.41, 5.74) is 0. The standard InChI is InChI=1S/C13H15BF3O4S/c1-21-13(18)12(9-5-6-10-14(15,16)17)22(19,20)11-7-3-2-4-8-11/h2-8,12H,9-10H2,1H3/q-1/b6-5+. The topological polar surface area (TPSA) is 60.4 Å². The highest BCUT2D eigenvalue weighted by Crippen LogP contribution is 2.21. The van der Waals surface area contributed by atoms with E-state index in [0.717, 1.165) is 19.3 Å². The van der Waals surface area contributed by atoms with Gasteiger partial charge in [0.15, 0.2) is 15.1 Å². The predicted molar refractivity (Wildman–Crippen MR) is 77.1 cm³/mol. The number of carbonyl (C=O) groups is 1. The number of halogens is 3. The Labute approximate surface area is 126 Å². The molecule has 22 heavy (non-hydrogen) atoms. The lowest BCUT2D eigenvalue weighted by atomic mass is 9.86. The molecule has 0 saturated carbocycles. The number of esters is 1. The summed E-state index contributed by atoms with van der Waals surface area (Å²) in [6.07, 6.45) is 0.350. The van der Waals surface area contributed by atoms with E-state index >= 15 is 0 Å². The number of carbonyl (C=O) groups excluding carboxylic acids is 1. The SMILES string of the molecule is COC(=O)C(C/C=C/C[B-](F)(F)F)S(=O)(=O)c1ccccc1. The Morgan fingerprint density at radius 1 is 1.23 bits per heavy atom. The molecule has 0 aliphatic heterocycles. The molecule has 9 heteroatoms. The minimum Gasteiger partial charge on any atom is -0.468 e. The van der Waals surface area contributed by atoms with Crippen LogP contribution in [-0.2, 0) is 19.4 Å². The molecule has 0 radical (unpaired) electrons. The Bertz CT molecular complexity index is 626. The number of sulfone groups is 1. The molecular weight excluding hydrogens is 320 g/mol. The predicted octanol–water partition coefficient (Wildman–Crippen LogP) is 2.80. The fraction of sp³-hybridized carbons (Fsp3) is 0.308. The third kappa shape index (κ3) is 5.21. The fourth-order valence-corrected chi connectivity index (χ4v) is 3.30. The van der Waals surface area contributed by atoms with Crippen LogP contribution in [0, 0.1) is 0 Å². The number of ether oxygens (including phenoxy) is 1. The fourth-order valence-electron chi connectivity index (χ4n) is 1.73. The van der Waals surface area contributed by atoms with Gasteiger partial charge in [0.05, 0.1) is 12.0 Å². The first-order valence-electron chi connectivity index (χ1n) is 6.41. The van der Waals surface area contributed by atoms with Crippen LogP contribution in [-0.4, -0.2) is 33.7 Å². The van der Waals surface area contributed by atoms with Gasteiger partial charge >= 0.3 is 12.9 Å². The monoisotopic (exact) mass is 335 g/mol. The summed E-state index contributed by atoms with van der Waals surface area (Å²) in [5.74, 6) is -1.01. The van der Waals surface area contributed by atoms with Crippen LogP contribution in [0.4, 0.5) is 12.9 Å². The van der Waals surface area contributed by atoms with Crippen molar-refractivity contribution in [3.05, 3.63) is 42.5 Å². The van der Waals surface area contributed by atoms with Crippen molar-refractivity contribution in [1.82, 2.24) is 0 Å². The molecule has 0 fully saturated rings. The van der Waals surface area contributed by atoms with Crippen molar-refractivity contribution >= 4 is 22.8 Å². The Morgan fingerprint density at radius 3 is 2.32 bits per heavy atom.